The summed E-state index contributed by atoms with van der Waals surface area (Å²) in [6.45, 7) is 3.96. The largest absolute Gasteiger partial charge is 0.492 e. The third kappa shape index (κ3) is 7.00. The summed E-state index contributed by atoms with van der Waals surface area (Å²) in [5, 5.41) is 3.56. The molecule has 1 aromatic carbocycles. The lowest BCUT2D eigenvalue weighted by atomic mass is 10.3. The Morgan fingerprint density at radius 1 is 1.32 bits per heavy atom. The highest BCUT2D eigenvalue weighted by Gasteiger charge is 2.12. The highest BCUT2D eigenvalue weighted by molar-refractivity contribution is 6.32. The Labute approximate surface area is 138 Å². The van der Waals surface area contributed by atoms with Gasteiger partial charge >= 0.3 is 6.03 Å². The summed E-state index contributed by atoms with van der Waals surface area (Å²) < 4.78 is 5.60. The molecule has 1 N–H and O–H groups in total. The first-order chi connectivity index (χ1) is 10.4. The summed E-state index contributed by atoms with van der Waals surface area (Å²) in [6, 6.07) is 7.43. The number of halogens is 1. The van der Waals surface area contributed by atoms with Gasteiger partial charge in [0.1, 0.15) is 5.75 Å². The molecule has 0 saturated heterocycles. The van der Waals surface area contributed by atoms with Gasteiger partial charge in [0.05, 0.1) is 11.6 Å². The molecule has 1 atom stereocenters. The average Bonchev–Trinajstić information content (AvgIpc) is 2.44. The first-order valence-corrected chi connectivity index (χ1v) is 7.81. The zero-order valence-electron chi connectivity index (χ0n) is 13.8. The van der Waals surface area contributed by atoms with Gasteiger partial charge in [-0.3, -0.25) is 0 Å². The number of benzene rings is 1. The van der Waals surface area contributed by atoms with Crippen LogP contribution in [0.3, 0.4) is 0 Å². The number of carbonyl (C=O) groups excluding carboxylic acids is 1. The van der Waals surface area contributed by atoms with Gasteiger partial charge in [0.25, 0.3) is 0 Å². The molecule has 0 aliphatic rings. The van der Waals surface area contributed by atoms with Gasteiger partial charge in [0, 0.05) is 26.2 Å². The Hall–Kier alpha value is -1.46. The monoisotopic (exact) mass is 327 g/mol. The molecule has 1 unspecified atom stereocenters. The van der Waals surface area contributed by atoms with Crippen molar-refractivity contribution < 1.29 is 9.53 Å². The van der Waals surface area contributed by atoms with Gasteiger partial charge < -0.3 is 19.9 Å². The van der Waals surface area contributed by atoms with Crippen molar-refractivity contribution in [3.05, 3.63) is 29.3 Å². The van der Waals surface area contributed by atoms with Crippen LogP contribution in [-0.4, -0.2) is 62.7 Å². The van der Waals surface area contributed by atoms with Gasteiger partial charge in [-0.2, -0.15) is 0 Å². The molecule has 0 saturated carbocycles. The maximum absolute atomic E-state index is 12.0. The first-order valence-electron chi connectivity index (χ1n) is 7.44. The molecule has 6 heteroatoms. The van der Waals surface area contributed by atoms with Crippen molar-refractivity contribution >= 4 is 17.6 Å². The molecule has 0 heterocycles. The van der Waals surface area contributed by atoms with Crippen LogP contribution >= 0.6 is 11.6 Å². The minimum Gasteiger partial charge on any atom is -0.492 e. The van der Waals surface area contributed by atoms with Crippen LogP contribution in [0.25, 0.3) is 0 Å². The fraction of sp³-hybridized carbons (Fsp3) is 0.562. The summed E-state index contributed by atoms with van der Waals surface area (Å²) in [4.78, 5) is 15.7. The predicted octanol–water partition coefficient (Wildman–Crippen LogP) is 2.70. The van der Waals surface area contributed by atoms with Gasteiger partial charge in [0.15, 0.2) is 0 Å². The quantitative estimate of drug-likeness (QED) is 0.747. The van der Waals surface area contributed by atoms with E-state index in [1.54, 1.807) is 18.0 Å². The van der Waals surface area contributed by atoms with E-state index >= 15 is 0 Å². The van der Waals surface area contributed by atoms with Gasteiger partial charge in [-0.15, -0.1) is 0 Å². The molecule has 1 rings (SSSR count). The molecule has 5 nitrogen and oxygen atoms in total. The average molecular weight is 328 g/mol. The van der Waals surface area contributed by atoms with E-state index in [1.165, 1.54) is 0 Å². The lowest BCUT2D eigenvalue weighted by molar-refractivity contribution is 0.197. The van der Waals surface area contributed by atoms with E-state index in [1.807, 2.05) is 44.1 Å². The van der Waals surface area contributed by atoms with Crippen molar-refractivity contribution in [2.75, 3.05) is 40.8 Å². The Morgan fingerprint density at radius 3 is 2.64 bits per heavy atom. The molecule has 0 bridgehead atoms. The second-order valence-corrected chi connectivity index (χ2v) is 6.07. The van der Waals surface area contributed by atoms with E-state index in [2.05, 4.69) is 5.32 Å². The van der Waals surface area contributed by atoms with E-state index in [9.17, 15) is 4.79 Å². The standard InChI is InChI=1S/C16H26ClN3O2/c1-13(12-19(2)3)18-16(21)20(4)10-7-11-22-15-9-6-5-8-14(15)17/h5-6,8-9,13H,7,10-12H2,1-4H3,(H,18,21). The van der Waals surface area contributed by atoms with Crippen LogP contribution in [0.1, 0.15) is 13.3 Å². The molecule has 0 fully saturated rings. The van der Waals surface area contributed by atoms with Crippen molar-refractivity contribution in [2.24, 2.45) is 0 Å². The van der Waals surface area contributed by atoms with Crippen LogP contribution < -0.4 is 10.1 Å². The second-order valence-electron chi connectivity index (χ2n) is 5.67. The highest BCUT2D eigenvalue weighted by Crippen LogP contribution is 2.22. The summed E-state index contributed by atoms with van der Waals surface area (Å²) in [5.74, 6) is 0.677. The zero-order chi connectivity index (χ0) is 16.5. The molecule has 2 amide bonds. The van der Waals surface area contributed by atoms with Crippen LogP contribution in [0.5, 0.6) is 5.75 Å². The number of ether oxygens (including phenoxy) is 1. The number of likely N-dealkylation sites (N-methyl/N-ethyl adjacent to an activating group) is 1. The molecule has 22 heavy (non-hydrogen) atoms. The van der Waals surface area contributed by atoms with Crippen LogP contribution in [0, 0.1) is 0 Å². The molecule has 124 valence electrons. The maximum atomic E-state index is 12.0. The van der Waals surface area contributed by atoms with Crippen LogP contribution in [0.4, 0.5) is 4.79 Å². The topological polar surface area (TPSA) is 44.8 Å². The SMILES string of the molecule is CC(CN(C)C)NC(=O)N(C)CCCOc1ccccc1Cl. The number of amides is 2. The summed E-state index contributed by atoms with van der Waals surface area (Å²) in [5.41, 5.74) is 0. The van der Waals surface area contributed by atoms with E-state index in [0.29, 0.717) is 23.9 Å². The van der Waals surface area contributed by atoms with Gasteiger partial charge in [0.2, 0.25) is 0 Å². The smallest absolute Gasteiger partial charge is 0.317 e. The number of carbonyl (C=O) groups is 1. The number of nitrogens with zero attached hydrogens (tertiary/aromatic N) is 2. The number of urea groups is 1. The molecule has 0 aromatic heterocycles. The Kier molecular flexibility index (Phi) is 8.06. The fourth-order valence-corrected chi connectivity index (χ4v) is 2.25. The number of hydrogen-bond acceptors (Lipinski definition) is 3. The first kappa shape index (κ1) is 18.6. The molecule has 0 radical (unpaired) electrons. The second kappa shape index (κ2) is 9.54. The Bertz CT molecular complexity index is 468. The molecular formula is C16H26ClN3O2. The third-order valence-corrected chi connectivity index (χ3v) is 3.40. The van der Waals surface area contributed by atoms with Gasteiger partial charge in [-0.25, -0.2) is 4.79 Å². The van der Waals surface area contributed by atoms with E-state index in [4.69, 9.17) is 16.3 Å². The molecule has 0 aliphatic heterocycles. The number of rotatable bonds is 8. The number of hydrogen-bond donors (Lipinski definition) is 1. The van der Waals surface area contributed by atoms with Gasteiger partial charge in [-0.05, 0) is 39.6 Å². The van der Waals surface area contributed by atoms with Crippen molar-refractivity contribution in [1.82, 2.24) is 15.1 Å². The fourth-order valence-electron chi connectivity index (χ4n) is 2.06. The van der Waals surface area contributed by atoms with Crippen LogP contribution in [-0.2, 0) is 0 Å². The van der Waals surface area contributed by atoms with Crippen LogP contribution in [0.2, 0.25) is 5.02 Å². The molecular weight excluding hydrogens is 302 g/mol. The van der Waals surface area contributed by atoms with E-state index in [0.717, 1.165) is 13.0 Å². The zero-order valence-corrected chi connectivity index (χ0v) is 14.6. The van der Waals surface area contributed by atoms with Gasteiger partial charge in [-0.1, -0.05) is 23.7 Å². The van der Waals surface area contributed by atoms with E-state index in [-0.39, 0.29) is 12.1 Å². The highest BCUT2D eigenvalue weighted by atomic mass is 35.5. The van der Waals surface area contributed by atoms with Crippen LogP contribution in [0.15, 0.2) is 24.3 Å². The third-order valence-electron chi connectivity index (χ3n) is 3.09. The number of nitrogens with one attached hydrogen (secondary N) is 1. The normalized spacial score (nSPS) is 12.1. The predicted molar refractivity (Wildman–Crippen MR) is 90.7 cm³/mol. The molecule has 1 aromatic rings. The minimum atomic E-state index is -0.0629. The Morgan fingerprint density at radius 2 is 2.00 bits per heavy atom. The number of para-hydroxylation sites is 1. The lowest BCUT2D eigenvalue weighted by Gasteiger charge is -2.23. The van der Waals surface area contributed by atoms with Crippen molar-refractivity contribution in [1.29, 1.82) is 0 Å². The summed E-state index contributed by atoms with van der Waals surface area (Å²) >= 11 is 6.01. The lowest BCUT2D eigenvalue weighted by Crippen LogP contribution is -2.45. The van der Waals surface area contributed by atoms with E-state index < -0.39 is 0 Å². The Balaban J connectivity index is 2.24. The van der Waals surface area contributed by atoms with Crippen molar-refractivity contribution in [3.8, 4) is 5.75 Å². The minimum absolute atomic E-state index is 0.0629. The molecule has 0 spiro atoms. The summed E-state index contributed by atoms with van der Waals surface area (Å²) in [6.07, 6.45) is 0.747. The van der Waals surface area contributed by atoms with Crippen molar-refractivity contribution in [3.63, 3.8) is 0 Å². The summed E-state index contributed by atoms with van der Waals surface area (Å²) in [7, 11) is 5.75. The molecule has 0 aliphatic carbocycles. The maximum Gasteiger partial charge on any atom is 0.317 e. The van der Waals surface area contributed by atoms with Crippen molar-refractivity contribution in [2.45, 2.75) is 19.4 Å².